The van der Waals surface area contributed by atoms with Crippen LogP contribution in [0.5, 0.6) is 5.75 Å². The van der Waals surface area contributed by atoms with E-state index in [0.29, 0.717) is 22.0 Å². The van der Waals surface area contributed by atoms with Crippen LogP contribution in [0.2, 0.25) is 0 Å². The average Bonchev–Trinajstić information content (AvgIpc) is 3.43. The highest BCUT2D eigenvalue weighted by molar-refractivity contribution is 7.99. The maximum atomic E-state index is 13.1. The summed E-state index contributed by atoms with van der Waals surface area (Å²) in [4.78, 5) is 33.4. The van der Waals surface area contributed by atoms with E-state index >= 15 is 0 Å². The number of aromatic amines is 1. The van der Waals surface area contributed by atoms with Crippen molar-refractivity contribution in [2.75, 3.05) is 12.9 Å². The Morgan fingerprint density at radius 3 is 2.78 bits per heavy atom. The summed E-state index contributed by atoms with van der Waals surface area (Å²) in [5, 5.41) is 3.45. The molecule has 2 N–H and O–H groups in total. The van der Waals surface area contributed by atoms with Gasteiger partial charge in [0.2, 0.25) is 5.91 Å². The van der Waals surface area contributed by atoms with Crippen molar-refractivity contribution in [2.24, 2.45) is 0 Å². The van der Waals surface area contributed by atoms with Crippen LogP contribution in [0.3, 0.4) is 0 Å². The van der Waals surface area contributed by atoms with Crippen molar-refractivity contribution in [3.05, 3.63) is 76.1 Å². The molecule has 0 aliphatic rings. The second kappa shape index (κ2) is 9.35. The van der Waals surface area contributed by atoms with Gasteiger partial charge in [0, 0.05) is 5.69 Å². The number of aromatic nitrogens is 3. The van der Waals surface area contributed by atoms with Crippen molar-refractivity contribution >= 4 is 28.7 Å². The van der Waals surface area contributed by atoms with Crippen LogP contribution in [-0.2, 0) is 11.3 Å². The number of carbonyl (C=O) groups is 1. The van der Waals surface area contributed by atoms with E-state index in [1.807, 2.05) is 44.2 Å². The van der Waals surface area contributed by atoms with E-state index in [0.717, 1.165) is 17.0 Å². The molecular formula is C23H24N4O4S. The Balaban J connectivity index is 1.51. The zero-order valence-corrected chi connectivity index (χ0v) is 18.9. The number of thioether (sulfide) groups is 1. The van der Waals surface area contributed by atoms with Crippen LogP contribution in [0.4, 0.5) is 0 Å². The highest BCUT2D eigenvalue weighted by atomic mass is 32.2. The number of amides is 1. The molecule has 4 rings (SSSR count). The summed E-state index contributed by atoms with van der Waals surface area (Å²) in [7, 11) is 1.61. The first-order chi connectivity index (χ1) is 15.4. The van der Waals surface area contributed by atoms with E-state index < -0.39 is 0 Å². The fourth-order valence-electron chi connectivity index (χ4n) is 3.41. The third-order valence-corrected chi connectivity index (χ3v) is 6.03. The molecule has 3 aromatic heterocycles. The van der Waals surface area contributed by atoms with Crippen LogP contribution in [-0.4, -0.2) is 33.3 Å². The normalized spacial score (nSPS) is 12.1. The van der Waals surface area contributed by atoms with Crippen molar-refractivity contribution in [1.29, 1.82) is 0 Å². The standard InChI is InChI=1S/C23H24N4O4S/c1-14-11-19-21(24-14)22(29)27(12-18-5-4-10-31-18)23(26-19)32-13-20(28)25-15(2)16-6-8-17(30-3)9-7-16/h4-11,15,24H,12-13H2,1-3H3,(H,25,28). The van der Waals surface area contributed by atoms with Gasteiger partial charge in [-0.2, -0.15) is 0 Å². The lowest BCUT2D eigenvalue weighted by atomic mass is 10.1. The van der Waals surface area contributed by atoms with Gasteiger partial charge in [-0.3, -0.25) is 14.2 Å². The van der Waals surface area contributed by atoms with Gasteiger partial charge in [-0.05, 0) is 49.7 Å². The highest BCUT2D eigenvalue weighted by Gasteiger charge is 2.17. The van der Waals surface area contributed by atoms with E-state index in [1.54, 1.807) is 25.5 Å². The summed E-state index contributed by atoms with van der Waals surface area (Å²) < 4.78 is 12.1. The van der Waals surface area contributed by atoms with E-state index in [1.165, 1.54) is 16.3 Å². The lowest BCUT2D eigenvalue weighted by Gasteiger charge is -2.15. The molecule has 0 saturated carbocycles. The zero-order valence-electron chi connectivity index (χ0n) is 18.0. The monoisotopic (exact) mass is 452 g/mol. The van der Waals surface area contributed by atoms with Crippen LogP contribution in [0.15, 0.2) is 63.1 Å². The molecule has 0 bridgehead atoms. The quantitative estimate of drug-likeness (QED) is 0.313. The summed E-state index contributed by atoms with van der Waals surface area (Å²) in [6, 6.07) is 12.8. The molecule has 1 aromatic carbocycles. The first-order valence-electron chi connectivity index (χ1n) is 10.1. The number of hydrogen-bond donors (Lipinski definition) is 2. The molecule has 1 atom stereocenters. The molecule has 0 spiro atoms. The third-order valence-electron chi connectivity index (χ3n) is 5.06. The number of nitrogens with zero attached hydrogens (tertiary/aromatic N) is 2. The van der Waals surface area contributed by atoms with Crippen molar-refractivity contribution in [1.82, 2.24) is 19.9 Å². The predicted octanol–water partition coefficient (Wildman–Crippen LogP) is 3.65. The molecule has 0 saturated heterocycles. The number of rotatable bonds is 8. The number of methoxy groups -OCH3 is 1. The average molecular weight is 453 g/mol. The number of nitrogens with one attached hydrogen (secondary N) is 2. The summed E-state index contributed by atoms with van der Waals surface area (Å²) >= 11 is 1.22. The zero-order chi connectivity index (χ0) is 22.7. The summed E-state index contributed by atoms with van der Waals surface area (Å²) in [6.07, 6.45) is 1.56. The molecular weight excluding hydrogens is 428 g/mol. The Bertz CT molecular complexity index is 1280. The van der Waals surface area contributed by atoms with Crippen LogP contribution < -0.4 is 15.6 Å². The van der Waals surface area contributed by atoms with Gasteiger partial charge in [-0.15, -0.1) is 0 Å². The summed E-state index contributed by atoms with van der Waals surface area (Å²) in [5.41, 5.74) is 2.64. The molecule has 0 radical (unpaired) electrons. The molecule has 8 nitrogen and oxygen atoms in total. The van der Waals surface area contributed by atoms with Crippen molar-refractivity contribution in [3.63, 3.8) is 0 Å². The fourth-order valence-corrected chi connectivity index (χ4v) is 4.22. The molecule has 3 heterocycles. The third kappa shape index (κ3) is 4.72. The molecule has 4 aromatic rings. The van der Waals surface area contributed by atoms with Gasteiger partial charge in [-0.1, -0.05) is 23.9 Å². The molecule has 1 unspecified atom stereocenters. The van der Waals surface area contributed by atoms with Gasteiger partial charge in [0.25, 0.3) is 5.56 Å². The van der Waals surface area contributed by atoms with Gasteiger partial charge in [-0.25, -0.2) is 4.98 Å². The minimum Gasteiger partial charge on any atom is -0.497 e. The molecule has 0 aliphatic heterocycles. The number of hydrogen-bond acceptors (Lipinski definition) is 6. The molecule has 0 aliphatic carbocycles. The van der Waals surface area contributed by atoms with Crippen molar-refractivity contribution < 1.29 is 13.9 Å². The van der Waals surface area contributed by atoms with Gasteiger partial charge < -0.3 is 19.5 Å². The van der Waals surface area contributed by atoms with Crippen LogP contribution in [0.1, 0.15) is 30.0 Å². The fraction of sp³-hybridized carbons (Fsp3) is 0.261. The first-order valence-corrected chi connectivity index (χ1v) is 11.1. The second-order valence-corrected chi connectivity index (χ2v) is 8.37. The number of ether oxygens (including phenoxy) is 1. The Morgan fingerprint density at radius 2 is 2.09 bits per heavy atom. The molecule has 32 heavy (non-hydrogen) atoms. The Morgan fingerprint density at radius 1 is 1.31 bits per heavy atom. The Hall–Kier alpha value is -3.46. The first kappa shape index (κ1) is 21.8. The second-order valence-electron chi connectivity index (χ2n) is 7.43. The predicted molar refractivity (Wildman–Crippen MR) is 123 cm³/mol. The molecule has 166 valence electrons. The number of furan rings is 1. The Labute approximate surface area is 189 Å². The maximum Gasteiger partial charge on any atom is 0.278 e. The molecule has 0 fully saturated rings. The van der Waals surface area contributed by atoms with Gasteiger partial charge in [0.1, 0.15) is 17.0 Å². The lowest BCUT2D eigenvalue weighted by Crippen LogP contribution is -2.29. The number of H-pyrrole nitrogens is 1. The topological polar surface area (TPSA) is 102 Å². The maximum absolute atomic E-state index is 13.1. The van der Waals surface area contributed by atoms with E-state index in [-0.39, 0.29) is 29.8 Å². The van der Waals surface area contributed by atoms with Crippen molar-refractivity contribution in [2.45, 2.75) is 31.6 Å². The summed E-state index contributed by atoms with van der Waals surface area (Å²) in [6.45, 7) is 4.03. The van der Waals surface area contributed by atoms with Gasteiger partial charge >= 0.3 is 0 Å². The number of fused-ring (bicyclic) bond motifs is 1. The lowest BCUT2D eigenvalue weighted by molar-refractivity contribution is -0.119. The largest absolute Gasteiger partial charge is 0.497 e. The number of carbonyl (C=O) groups excluding carboxylic acids is 1. The Kier molecular flexibility index (Phi) is 6.36. The van der Waals surface area contributed by atoms with E-state index in [9.17, 15) is 9.59 Å². The van der Waals surface area contributed by atoms with Crippen molar-refractivity contribution in [3.8, 4) is 5.75 Å². The SMILES string of the molecule is COc1ccc(C(C)NC(=O)CSc2nc3cc(C)[nH]c3c(=O)n2Cc2ccco2)cc1. The highest BCUT2D eigenvalue weighted by Crippen LogP contribution is 2.21. The van der Waals surface area contributed by atoms with E-state index in [2.05, 4.69) is 15.3 Å². The number of aryl methyl sites for hydroxylation is 1. The molecule has 1 amide bonds. The minimum absolute atomic E-state index is 0.125. The molecule has 9 heteroatoms. The van der Waals surface area contributed by atoms with Crippen LogP contribution >= 0.6 is 11.8 Å². The summed E-state index contributed by atoms with van der Waals surface area (Å²) in [5.74, 6) is 1.37. The van der Waals surface area contributed by atoms with Crippen LogP contribution in [0, 0.1) is 6.92 Å². The smallest absolute Gasteiger partial charge is 0.278 e. The number of benzene rings is 1. The van der Waals surface area contributed by atoms with E-state index in [4.69, 9.17) is 9.15 Å². The van der Waals surface area contributed by atoms with Crippen LogP contribution in [0.25, 0.3) is 11.0 Å². The van der Waals surface area contributed by atoms with Gasteiger partial charge in [0.05, 0.1) is 37.2 Å². The minimum atomic E-state index is -0.200. The van der Waals surface area contributed by atoms with Gasteiger partial charge in [0.15, 0.2) is 5.16 Å².